The minimum atomic E-state index is -1.69. The highest BCUT2D eigenvalue weighted by Crippen LogP contribution is 2.19. The van der Waals surface area contributed by atoms with E-state index >= 15 is 0 Å². The van der Waals surface area contributed by atoms with Crippen molar-refractivity contribution in [2.45, 2.75) is 17.9 Å². The highest BCUT2D eigenvalue weighted by molar-refractivity contribution is 7.84. The molecule has 1 atom stereocenters. The molecule has 0 aliphatic carbocycles. The number of benzene rings is 1. The molecule has 1 aromatic carbocycles. The minimum absolute atomic E-state index is 0.0368. The van der Waals surface area contributed by atoms with E-state index in [1.165, 1.54) is 25.5 Å². The van der Waals surface area contributed by atoms with Crippen molar-refractivity contribution in [3.63, 3.8) is 0 Å². The van der Waals surface area contributed by atoms with Gasteiger partial charge in [-0.15, -0.1) is 0 Å². The van der Waals surface area contributed by atoms with Crippen LogP contribution in [-0.2, 0) is 16.6 Å². The summed E-state index contributed by atoms with van der Waals surface area (Å²) in [5.41, 5.74) is 0.104. The van der Waals surface area contributed by atoms with Crippen LogP contribution in [0.15, 0.2) is 34.2 Å². The maximum atomic E-state index is 13.6. The van der Waals surface area contributed by atoms with E-state index < -0.39 is 22.4 Å². The number of oxazole rings is 1. The van der Waals surface area contributed by atoms with Crippen molar-refractivity contribution in [3.8, 4) is 0 Å². The molecule has 2 aromatic rings. The third-order valence-electron chi connectivity index (χ3n) is 2.26. The minimum Gasteiger partial charge on any atom is -0.438 e. The van der Waals surface area contributed by atoms with Crippen molar-refractivity contribution in [2.24, 2.45) is 0 Å². The molecule has 0 spiro atoms. The second kappa shape index (κ2) is 4.75. The van der Waals surface area contributed by atoms with Crippen molar-refractivity contribution in [1.82, 2.24) is 4.98 Å². The van der Waals surface area contributed by atoms with E-state index in [2.05, 4.69) is 4.98 Å². The van der Waals surface area contributed by atoms with E-state index in [9.17, 15) is 13.0 Å². The third kappa shape index (κ3) is 2.41. The van der Waals surface area contributed by atoms with Crippen LogP contribution in [-0.4, -0.2) is 9.19 Å². The fourth-order valence-electron chi connectivity index (χ4n) is 1.36. The largest absolute Gasteiger partial charge is 0.438 e. The van der Waals surface area contributed by atoms with Crippen LogP contribution in [0.4, 0.5) is 8.78 Å². The van der Waals surface area contributed by atoms with E-state index in [1.807, 2.05) is 0 Å². The zero-order valence-corrected chi connectivity index (χ0v) is 9.76. The number of hydrogen-bond donors (Lipinski definition) is 0. The van der Waals surface area contributed by atoms with Crippen LogP contribution in [0.3, 0.4) is 0 Å². The van der Waals surface area contributed by atoms with Crippen LogP contribution in [0, 0.1) is 18.6 Å². The van der Waals surface area contributed by atoms with E-state index in [1.54, 1.807) is 0 Å². The molecule has 0 aliphatic heterocycles. The van der Waals surface area contributed by atoms with Crippen molar-refractivity contribution < 1.29 is 17.4 Å². The second-order valence-electron chi connectivity index (χ2n) is 3.44. The first kappa shape index (κ1) is 11.9. The van der Waals surface area contributed by atoms with Crippen LogP contribution in [0.1, 0.15) is 11.1 Å². The Bertz CT molecular complexity index is 555. The quantitative estimate of drug-likeness (QED) is 0.848. The molecule has 6 heteroatoms. The third-order valence-corrected chi connectivity index (χ3v) is 3.40. The van der Waals surface area contributed by atoms with Crippen molar-refractivity contribution in [1.29, 1.82) is 0 Å². The topological polar surface area (TPSA) is 43.1 Å². The van der Waals surface area contributed by atoms with Gasteiger partial charge in [-0.25, -0.2) is 18.0 Å². The van der Waals surface area contributed by atoms with E-state index in [-0.39, 0.29) is 16.5 Å². The Morgan fingerprint density at radius 1 is 1.41 bits per heavy atom. The van der Waals surface area contributed by atoms with Crippen LogP contribution in [0.2, 0.25) is 0 Å². The Kier molecular flexibility index (Phi) is 3.33. The Morgan fingerprint density at radius 2 is 2.18 bits per heavy atom. The normalized spacial score (nSPS) is 12.6. The maximum absolute atomic E-state index is 13.6. The van der Waals surface area contributed by atoms with Gasteiger partial charge in [0.2, 0.25) is 0 Å². The zero-order chi connectivity index (χ0) is 12.4. The van der Waals surface area contributed by atoms with Crippen LogP contribution in [0.25, 0.3) is 0 Å². The smallest absolute Gasteiger partial charge is 0.287 e. The lowest BCUT2D eigenvalue weighted by atomic mass is 10.1. The summed E-state index contributed by atoms with van der Waals surface area (Å²) in [6, 6.07) is 2.49. The number of aromatic nitrogens is 1. The monoisotopic (exact) mass is 257 g/mol. The lowest BCUT2D eigenvalue weighted by molar-refractivity contribution is 0.444. The van der Waals surface area contributed by atoms with E-state index in [0.717, 1.165) is 6.07 Å². The predicted octanol–water partition coefficient (Wildman–Crippen LogP) is 2.57. The van der Waals surface area contributed by atoms with Gasteiger partial charge in [0.1, 0.15) is 28.7 Å². The molecule has 2 rings (SSSR count). The summed E-state index contributed by atoms with van der Waals surface area (Å²) in [6.07, 6.45) is 2.59. The van der Waals surface area contributed by atoms with Gasteiger partial charge < -0.3 is 4.42 Å². The Morgan fingerprint density at radius 3 is 2.82 bits per heavy atom. The SMILES string of the molecule is Cc1ccc(F)c(CS(=O)c2ncco2)c1F. The van der Waals surface area contributed by atoms with Crippen LogP contribution >= 0.6 is 0 Å². The van der Waals surface area contributed by atoms with Crippen LogP contribution in [0.5, 0.6) is 0 Å². The molecule has 17 heavy (non-hydrogen) atoms. The summed E-state index contributed by atoms with van der Waals surface area (Å²) >= 11 is 0. The fraction of sp³-hybridized carbons (Fsp3) is 0.182. The number of hydrogen-bond acceptors (Lipinski definition) is 3. The molecule has 0 N–H and O–H groups in total. The molecular weight excluding hydrogens is 248 g/mol. The van der Waals surface area contributed by atoms with Crippen LogP contribution < -0.4 is 0 Å². The summed E-state index contributed by atoms with van der Waals surface area (Å²) in [5.74, 6) is -1.68. The number of halogens is 2. The summed E-state index contributed by atoms with van der Waals surface area (Å²) in [6.45, 7) is 1.52. The molecule has 0 radical (unpaired) electrons. The Balaban J connectivity index is 2.31. The van der Waals surface area contributed by atoms with Gasteiger partial charge in [-0.2, -0.15) is 0 Å². The Hall–Kier alpha value is -1.56. The molecule has 0 amide bonds. The predicted molar refractivity (Wildman–Crippen MR) is 57.7 cm³/mol. The maximum Gasteiger partial charge on any atom is 0.287 e. The van der Waals surface area contributed by atoms with Crippen molar-refractivity contribution >= 4 is 10.8 Å². The highest BCUT2D eigenvalue weighted by Gasteiger charge is 2.17. The number of aryl methyl sites for hydroxylation is 1. The highest BCUT2D eigenvalue weighted by atomic mass is 32.2. The summed E-state index contributed by atoms with van der Waals surface area (Å²) < 4.78 is 43.6. The summed E-state index contributed by atoms with van der Waals surface area (Å²) in [7, 11) is -1.69. The molecule has 0 aliphatic rings. The van der Waals surface area contributed by atoms with Gasteiger partial charge in [0.25, 0.3) is 5.22 Å². The lowest BCUT2D eigenvalue weighted by Crippen LogP contribution is -2.03. The number of rotatable bonds is 3. The first-order chi connectivity index (χ1) is 8.09. The second-order valence-corrected chi connectivity index (χ2v) is 4.77. The lowest BCUT2D eigenvalue weighted by Gasteiger charge is -2.05. The van der Waals surface area contributed by atoms with Gasteiger partial charge in [0.15, 0.2) is 0 Å². The molecule has 3 nitrogen and oxygen atoms in total. The molecule has 0 bridgehead atoms. The van der Waals surface area contributed by atoms with E-state index in [4.69, 9.17) is 4.42 Å². The van der Waals surface area contributed by atoms with Crippen molar-refractivity contribution in [3.05, 3.63) is 47.4 Å². The molecule has 0 saturated heterocycles. The van der Waals surface area contributed by atoms with Crippen molar-refractivity contribution in [2.75, 3.05) is 0 Å². The van der Waals surface area contributed by atoms with E-state index in [0.29, 0.717) is 5.56 Å². The van der Waals surface area contributed by atoms with Gasteiger partial charge >= 0.3 is 0 Å². The van der Waals surface area contributed by atoms with Gasteiger partial charge in [0.05, 0.1) is 11.9 Å². The van der Waals surface area contributed by atoms with Gasteiger partial charge in [0, 0.05) is 5.56 Å². The van der Waals surface area contributed by atoms with Gasteiger partial charge in [-0.3, -0.25) is 0 Å². The molecular formula is C11H9F2NO2S. The first-order valence-corrected chi connectivity index (χ1v) is 6.13. The van der Waals surface area contributed by atoms with Gasteiger partial charge in [-0.05, 0) is 18.6 Å². The molecule has 90 valence electrons. The zero-order valence-electron chi connectivity index (χ0n) is 8.94. The Labute approximate surface area is 98.9 Å². The average Bonchev–Trinajstić information content (AvgIpc) is 2.83. The average molecular weight is 257 g/mol. The molecule has 0 saturated carbocycles. The summed E-state index contributed by atoms with van der Waals surface area (Å²) in [4.78, 5) is 3.68. The van der Waals surface area contributed by atoms with Gasteiger partial charge in [-0.1, -0.05) is 6.07 Å². The first-order valence-electron chi connectivity index (χ1n) is 4.81. The summed E-state index contributed by atoms with van der Waals surface area (Å²) in [5, 5.41) is -0.0368. The molecule has 1 aromatic heterocycles. The molecule has 1 heterocycles. The molecule has 0 fully saturated rings. The fourth-order valence-corrected chi connectivity index (χ4v) is 2.35. The molecule has 1 unspecified atom stereocenters. The standard InChI is InChI=1S/C11H9F2NO2S/c1-7-2-3-9(12)8(10(7)13)6-17(15)11-14-4-5-16-11/h2-5H,6H2,1H3. The number of nitrogens with zero attached hydrogens (tertiary/aromatic N) is 1.